The number of hydrogen-bond donors (Lipinski definition) is 0. The van der Waals surface area contributed by atoms with Gasteiger partial charge < -0.3 is 9.64 Å². The van der Waals surface area contributed by atoms with Crippen LogP contribution in [-0.4, -0.2) is 53.6 Å². The van der Waals surface area contributed by atoms with Crippen molar-refractivity contribution in [3.05, 3.63) is 35.6 Å². The van der Waals surface area contributed by atoms with E-state index in [4.69, 9.17) is 4.74 Å². The van der Waals surface area contributed by atoms with E-state index in [1.54, 1.807) is 0 Å². The van der Waals surface area contributed by atoms with Crippen LogP contribution in [0.1, 0.15) is 38.2 Å². The summed E-state index contributed by atoms with van der Waals surface area (Å²) in [7, 11) is 0. The summed E-state index contributed by atoms with van der Waals surface area (Å²) in [6.45, 7) is 6.05. The Balaban J connectivity index is 1.37. The highest BCUT2D eigenvalue weighted by Crippen LogP contribution is 2.38. The van der Waals surface area contributed by atoms with Gasteiger partial charge in [-0.2, -0.15) is 0 Å². The van der Waals surface area contributed by atoms with Gasteiger partial charge in [0.15, 0.2) is 0 Å². The van der Waals surface area contributed by atoms with E-state index in [1.165, 1.54) is 25.0 Å². The van der Waals surface area contributed by atoms with Crippen LogP contribution >= 0.6 is 0 Å². The molecule has 0 bridgehead atoms. The fourth-order valence-electron chi connectivity index (χ4n) is 4.25. The van der Waals surface area contributed by atoms with E-state index in [9.17, 15) is 9.18 Å². The Kier molecular flexibility index (Phi) is 4.54. The third kappa shape index (κ3) is 3.58. The van der Waals surface area contributed by atoms with Crippen LogP contribution in [0.3, 0.4) is 0 Å². The van der Waals surface area contributed by atoms with Gasteiger partial charge in [0.2, 0.25) is 5.91 Å². The van der Waals surface area contributed by atoms with Gasteiger partial charge in [-0.05, 0) is 56.2 Å². The molecule has 1 spiro atoms. The fourth-order valence-corrected chi connectivity index (χ4v) is 4.25. The monoisotopic (exact) mass is 346 g/mol. The first kappa shape index (κ1) is 17.0. The molecule has 0 unspecified atom stereocenters. The molecular formula is C20H27FN2O2. The van der Waals surface area contributed by atoms with Crippen molar-refractivity contribution in [2.45, 2.75) is 50.8 Å². The minimum absolute atomic E-state index is 0.152. The van der Waals surface area contributed by atoms with E-state index in [0.717, 1.165) is 44.6 Å². The molecule has 136 valence electrons. The number of hydrogen-bond acceptors (Lipinski definition) is 3. The lowest BCUT2D eigenvalue weighted by atomic mass is 9.82. The molecule has 2 heterocycles. The molecule has 1 aromatic rings. The molecular weight excluding hydrogens is 319 g/mol. The van der Waals surface area contributed by atoms with Gasteiger partial charge in [0.25, 0.3) is 0 Å². The molecule has 3 aliphatic rings. The standard InChI is InChI=1S/C20H27FN2O2/c1-15-20(25-14-19(24)23(15)13-17-2-3-17)8-10-22(11-9-20)12-16-4-6-18(21)7-5-16/h4-7,15,17H,2-3,8-14H2,1H3/t15-/m0/s1. The normalized spacial score (nSPS) is 27.0. The van der Waals surface area contributed by atoms with E-state index >= 15 is 0 Å². The third-order valence-corrected chi connectivity index (χ3v) is 6.21. The number of piperidine rings is 1. The van der Waals surface area contributed by atoms with Gasteiger partial charge in [-0.15, -0.1) is 0 Å². The second-order valence-electron chi connectivity index (χ2n) is 7.92. The van der Waals surface area contributed by atoms with E-state index in [0.29, 0.717) is 5.92 Å². The molecule has 1 aliphatic carbocycles. The molecule has 4 nitrogen and oxygen atoms in total. The van der Waals surface area contributed by atoms with Crippen LogP contribution in [-0.2, 0) is 16.1 Å². The lowest BCUT2D eigenvalue weighted by Crippen LogP contribution is -2.64. The molecule has 1 atom stereocenters. The number of carbonyl (C=O) groups excluding carboxylic acids is 1. The van der Waals surface area contributed by atoms with Crippen LogP contribution in [0.15, 0.2) is 24.3 Å². The summed E-state index contributed by atoms with van der Waals surface area (Å²) in [5.74, 6) is 0.671. The van der Waals surface area contributed by atoms with Crippen molar-refractivity contribution in [1.82, 2.24) is 9.80 Å². The lowest BCUT2D eigenvalue weighted by molar-refractivity contribution is -0.187. The van der Waals surface area contributed by atoms with Crippen molar-refractivity contribution in [2.24, 2.45) is 5.92 Å². The molecule has 3 fully saturated rings. The maximum Gasteiger partial charge on any atom is 0.248 e. The number of likely N-dealkylation sites (tertiary alicyclic amines) is 1. The third-order valence-electron chi connectivity index (χ3n) is 6.21. The zero-order valence-electron chi connectivity index (χ0n) is 14.9. The summed E-state index contributed by atoms with van der Waals surface area (Å²) in [6.07, 6.45) is 4.42. The Labute approximate surface area is 148 Å². The topological polar surface area (TPSA) is 32.8 Å². The lowest BCUT2D eigenvalue weighted by Gasteiger charge is -2.51. The van der Waals surface area contributed by atoms with Gasteiger partial charge in [-0.25, -0.2) is 4.39 Å². The van der Waals surface area contributed by atoms with E-state index in [2.05, 4.69) is 16.7 Å². The molecule has 1 saturated carbocycles. The maximum absolute atomic E-state index is 13.0. The maximum atomic E-state index is 13.0. The van der Waals surface area contributed by atoms with Crippen LogP contribution in [0, 0.1) is 11.7 Å². The average molecular weight is 346 g/mol. The van der Waals surface area contributed by atoms with Crippen LogP contribution in [0.5, 0.6) is 0 Å². The highest BCUT2D eigenvalue weighted by Gasteiger charge is 2.48. The molecule has 0 N–H and O–H groups in total. The Morgan fingerprint density at radius 3 is 2.52 bits per heavy atom. The number of nitrogens with zero attached hydrogens (tertiary/aromatic N) is 2. The summed E-state index contributed by atoms with van der Waals surface area (Å²) in [5.41, 5.74) is 0.947. The largest absolute Gasteiger partial charge is 0.363 e. The van der Waals surface area contributed by atoms with Crippen molar-refractivity contribution < 1.29 is 13.9 Å². The van der Waals surface area contributed by atoms with Crippen LogP contribution in [0.2, 0.25) is 0 Å². The number of rotatable bonds is 4. The fraction of sp³-hybridized carbons (Fsp3) is 0.650. The molecule has 1 aromatic carbocycles. The van der Waals surface area contributed by atoms with Gasteiger partial charge in [0.1, 0.15) is 12.4 Å². The first-order chi connectivity index (χ1) is 12.1. The van der Waals surface area contributed by atoms with E-state index in [-0.39, 0.29) is 30.0 Å². The van der Waals surface area contributed by atoms with Gasteiger partial charge in [-0.1, -0.05) is 12.1 Å². The number of carbonyl (C=O) groups is 1. The molecule has 0 radical (unpaired) electrons. The molecule has 5 heteroatoms. The van der Waals surface area contributed by atoms with E-state index in [1.807, 2.05) is 12.1 Å². The predicted octanol–water partition coefficient (Wildman–Crippen LogP) is 2.82. The number of ether oxygens (including phenoxy) is 1. The molecule has 2 saturated heterocycles. The first-order valence-electron chi connectivity index (χ1n) is 9.46. The van der Waals surface area contributed by atoms with Crippen molar-refractivity contribution in [1.29, 1.82) is 0 Å². The summed E-state index contributed by atoms with van der Waals surface area (Å²) in [6, 6.07) is 6.91. The van der Waals surface area contributed by atoms with Gasteiger partial charge in [0.05, 0.1) is 11.6 Å². The summed E-state index contributed by atoms with van der Waals surface area (Å²) >= 11 is 0. The zero-order chi connectivity index (χ0) is 17.4. The van der Waals surface area contributed by atoms with Crippen molar-refractivity contribution in [3.63, 3.8) is 0 Å². The molecule has 25 heavy (non-hydrogen) atoms. The number of halogens is 1. The highest BCUT2D eigenvalue weighted by molar-refractivity contribution is 5.78. The second kappa shape index (κ2) is 6.69. The van der Waals surface area contributed by atoms with Crippen LogP contribution in [0.25, 0.3) is 0 Å². The molecule has 2 aliphatic heterocycles. The zero-order valence-corrected chi connectivity index (χ0v) is 14.9. The second-order valence-corrected chi connectivity index (χ2v) is 7.92. The summed E-state index contributed by atoms with van der Waals surface area (Å²) in [5, 5.41) is 0. The molecule has 1 amide bonds. The Hall–Kier alpha value is -1.46. The highest BCUT2D eigenvalue weighted by atomic mass is 19.1. The smallest absolute Gasteiger partial charge is 0.248 e. The number of benzene rings is 1. The summed E-state index contributed by atoms with van der Waals surface area (Å²) < 4.78 is 19.2. The summed E-state index contributed by atoms with van der Waals surface area (Å²) in [4.78, 5) is 16.8. The van der Waals surface area contributed by atoms with Crippen molar-refractivity contribution in [3.8, 4) is 0 Å². The van der Waals surface area contributed by atoms with Gasteiger partial charge >= 0.3 is 0 Å². The first-order valence-corrected chi connectivity index (χ1v) is 9.46. The van der Waals surface area contributed by atoms with Crippen LogP contribution in [0.4, 0.5) is 4.39 Å². The molecule has 4 rings (SSSR count). The molecule has 0 aromatic heterocycles. The van der Waals surface area contributed by atoms with Crippen LogP contribution < -0.4 is 0 Å². The van der Waals surface area contributed by atoms with Gasteiger partial charge in [0, 0.05) is 26.2 Å². The predicted molar refractivity (Wildman–Crippen MR) is 93.5 cm³/mol. The number of morpholine rings is 1. The minimum Gasteiger partial charge on any atom is -0.363 e. The SMILES string of the molecule is C[C@@H]1N(CC2CC2)C(=O)COC12CCN(Cc1ccc(F)cc1)CC2. The minimum atomic E-state index is -0.192. The average Bonchev–Trinajstić information content (AvgIpc) is 3.44. The van der Waals surface area contributed by atoms with E-state index < -0.39 is 0 Å². The Morgan fingerprint density at radius 2 is 1.88 bits per heavy atom. The van der Waals surface area contributed by atoms with Gasteiger partial charge in [-0.3, -0.25) is 9.69 Å². The van der Waals surface area contributed by atoms with Crippen molar-refractivity contribution >= 4 is 5.91 Å². The Bertz CT molecular complexity index is 621. The van der Waals surface area contributed by atoms with Crippen molar-refractivity contribution in [2.75, 3.05) is 26.2 Å². The number of amides is 1. The Morgan fingerprint density at radius 1 is 1.20 bits per heavy atom. The quantitative estimate of drug-likeness (QED) is 0.840.